The Morgan fingerprint density at radius 1 is 0.586 bits per heavy atom. The normalized spacial score (nSPS) is 9.93. The van der Waals surface area contributed by atoms with E-state index in [-0.39, 0.29) is 0 Å². The molecule has 1 aromatic heterocycles. The Balaban J connectivity index is 1.90. The van der Waals surface area contributed by atoms with Crippen molar-refractivity contribution < 1.29 is 0 Å². The Morgan fingerprint density at radius 3 is 1.76 bits per heavy atom. The van der Waals surface area contributed by atoms with Crippen molar-refractivity contribution >= 4 is 21.6 Å². The molecular formula is C23H9N5S. The average molecular weight is 387 g/mol. The number of nitriles is 4. The standard InChI is InChI=1S/C23H9N5S/c24-10-14-1-2-21-22(8-14)29-23(28-21)20-7-17(13-27)6-19(9-20)18-4-15(11-25)3-16(5-18)12-26/h1-9H. The largest absolute Gasteiger partial charge is 0.236 e. The molecular weight excluding hydrogens is 378 g/mol. The van der Waals surface area contributed by atoms with Crippen molar-refractivity contribution in [3.8, 4) is 46.0 Å². The highest BCUT2D eigenvalue weighted by atomic mass is 32.1. The zero-order valence-corrected chi connectivity index (χ0v) is 15.7. The molecule has 0 spiro atoms. The molecule has 3 aromatic carbocycles. The van der Waals surface area contributed by atoms with Gasteiger partial charge in [0.1, 0.15) is 5.01 Å². The quantitative estimate of drug-likeness (QED) is 0.474. The van der Waals surface area contributed by atoms with Gasteiger partial charge in [0.05, 0.1) is 56.7 Å². The van der Waals surface area contributed by atoms with Crippen LogP contribution in [0.5, 0.6) is 0 Å². The maximum absolute atomic E-state index is 9.48. The molecule has 132 valence electrons. The first kappa shape index (κ1) is 17.9. The molecule has 0 aliphatic carbocycles. The molecule has 0 fully saturated rings. The topological polar surface area (TPSA) is 108 Å². The van der Waals surface area contributed by atoms with Gasteiger partial charge in [-0.1, -0.05) is 0 Å². The van der Waals surface area contributed by atoms with Gasteiger partial charge in [-0.15, -0.1) is 11.3 Å². The van der Waals surface area contributed by atoms with Gasteiger partial charge in [0.15, 0.2) is 0 Å². The monoisotopic (exact) mass is 387 g/mol. The molecule has 0 aliphatic heterocycles. The van der Waals surface area contributed by atoms with E-state index in [0.29, 0.717) is 27.8 Å². The smallest absolute Gasteiger partial charge is 0.124 e. The van der Waals surface area contributed by atoms with E-state index in [1.807, 2.05) is 6.07 Å². The molecule has 0 radical (unpaired) electrons. The molecule has 0 saturated carbocycles. The van der Waals surface area contributed by atoms with Gasteiger partial charge in [0, 0.05) is 5.56 Å². The molecule has 0 unspecified atom stereocenters. The van der Waals surface area contributed by atoms with Crippen LogP contribution in [-0.2, 0) is 0 Å². The molecule has 1 heterocycles. The van der Waals surface area contributed by atoms with Gasteiger partial charge in [-0.2, -0.15) is 21.0 Å². The van der Waals surface area contributed by atoms with Crippen molar-refractivity contribution in [2.45, 2.75) is 0 Å². The number of thiazole rings is 1. The van der Waals surface area contributed by atoms with E-state index in [4.69, 9.17) is 5.26 Å². The third kappa shape index (κ3) is 3.41. The zero-order valence-electron chi connectivity index (χ0n) is 14.8. The molecule has 29 heavy (non-hydrogen) atoms. The number of fused-ring (bicyclic) bond motifs is 1. The van der Waals surface area contributed by atoms with Crippen LogP contribution >= 0.6 is 11.3 Å². The van der Waals surface area contributed by atoms with Crippen LogP contribution in [0.1, 0.15) is 22.3 Å². The summed E-state index contributed by atoms with van der Waals surface area (Å²) < 4.78 is 0.890. The van der Waals surface area contributed by atoms with Gasteiger partial charge in [0.2, 0.25) is 0 Å². The van der Waals surface area contributed by atoms with Crippen LogP contribution in [0.2, 0.25) is 0 Å². The Kier molecular flexibility index (Phi) is 4.48. The third-order valence-electron chi connectivity index (χ3n) is 4.35. The Labute approximate surface area is 170 Å². The lowest BCUT2D eigenvalue weighted by Gasteiger charge is -2.07. The predicted molar refractivity (Wildman–Crippen MR) is 109 cm³/mol. The van der Waals surface area contributed by atoms with E-state index in [2.05, 4.69) is 29.3 Å². The highest BCUT2D eigenvalue weighted by molar-refractivity contribution is 7.21. The fourth-order valence-corrected chi connectivity index (χ4v) is 4.02. The minimum absolute atomic E-state index is 0.381. The minimum atomic E-state index is 0.381. The fourth-order valence-electron chi connectivity index (χ4n) is 3.02. The number of aromatic nitrogens is 1. The molecule has 0 amide bonds. The van der Waals surface area contributed by atoms with Gasteiger partial charge in [-0.25, -0.2) is 4.98 Å². The summed E-state index contributed by atoms with van der Waals surface area (Å²) in [4.78, 5) is 4.63. The molecule has 4 aromatic rings. The Bertz CT molecular complexity index is 1420. The molecule has 0 atom stereocenters. The summed E-state index contributed by atoms with van der Waals surface area (Å²) in [5.41, 5.74) is 4.74. The van der Waals surface area contributed by atoms with Crippen molar-refractivity contribution in [1.29, 1.82) is 21.0 Å². The van der Waals surface area contributed by atoms with E-state index in [0.717, 1.165) is 26.4 Å². The van der Waals surface area contributed by atoms with E-state index in [1.54, 1.807) is 42.5 Å². The number of hydrogen-bond acceptors (Lipinski definition) is 6. The lowest BCUT2D eigenvalue weighted by atomic mass is 9.97. The third-order valence-corrected chi connectivity index (χ3v) is 5.42. The molecule has 0 saturated heterocycles. The van der Waals surface area contributed by atoms with Crippen LogP contribution in [0, 0.1) is 45.3 Å². The highest BCUT2D eigenvalue weighted by Gasteiger charge is 2.12. The van der Waals surface area contributed by atoms with Crippen molar-refractivity contribution in [1.82, 2.24) is 4.98 Å². The highest BCUT2D eigenvalue weighted by Crippen LogP contribution is 2.34. The number of hydrogen-bond donors (Lipinski definition) is 0. The lowest BCUT2D eigenvalue weighted by Crippen LogP contribution is -1.88. The predicted octanol–water partition coefficient (Wildman–Crippen LogP) is 5.12. The number of rotatable bonds is 2. The summed E-state index contributed by atoms with van der Waals surface area (Å²) in [7, 11) is 0. The van der Waals surface area contributed by atoms with E-state index >= 15 is 0 Å². The molecule has 0 aliphatic rings. The van der Waals surface area contributed by atoms with Crippen LogP contribution in [0.3, 0.4) is 0 Å². The maximum atomic E-state index is 9.48. The molecule has 0 bridgehead atoms. The summed E-state index contributed by atoms with van der Waals surface area (Å²) in [6.45, 7) is 0. The van der Waals surface area contributed by atoms with Crippen molar-refractivity contribution in [2.24, 2.45) is 0 Å². The summed E-state index contributed by atoms with van der Waals surface area (Å²) in [6.07, 6.45) is 0. The molecule has 6 heteroatoms. The number of nitrogens with zero attached hydrogens (tertiary/aromatic N) is 5. The van der Waals surface area contributed by atoms with Crippen molar-refractivity contribution in [3.05, 3.63) is 76.9 Å². The average Bonchev–Trinajstić information content (AvgIpc) is 3.21. The maximum Gasteiger partial charge on any atom is 0.124 e. The first-order chi connectivity index (χ1) is 14.1. The summed E-state index contributed by atoms with van der Waals surface area (Å²) in [5, 5.41) is 37.8. The van der Waals surface area contributed by atoms with Crippen LogP contribution < -0.4 is 0 Å². The molecule has 0 N–H and O–H groups in total. The van der Waals surface area contributed by atoms with E-state index in [1.165, 1.54) is 17.4 Å². The van der Waals surface area contributed by atoms with Gasteiger partial charge >= 0.3 is 0 Å². The zero-order chi connectivity index (χ0) is 20.4. The second kappa shape index (κ2) is 7.26. The minimum Gasteiger partial charge on any atom is -0.236 e. The summed E-state index contributed by atoms with van der Waals surface area (Å²) >= 11 is 1.44. The lowest BCUT2D eigenvalue weighted by molar-refractivity contribution is 1.43. The summed E-state index contributed by atoms with van der Waals surface area (Å²) in [5.74, 6) is 0. The van der Waals surface area contributed by atoms with Crippen molar-refractivity contribution in [2.75, 3.05) is 0 Å². The molecule has 4 rings (SSSR count). The SMILES string of the molecule is N#Cc1cc(C#N)cc(-c2cc(C#N)cc(-c3nc4ccc(C#N)cc4s3)c2)c1. The van der Waals surface area contributed by atoms with E-state index in [9.17, 15) is 15.8 Å². The van der Waals surface area contributed by atoms with Crippen LogP contribution in [0.25, 0.3) is 31.9 Å². The van der Waals surface area contributed by atoms with Crippen molar-refractivity contribution in [3.63, 3.8) is 0 Å². The molecule has 5 nitrogen and oxygen atoms in total. The van der Waals surface area contributed by atoms with Crippen LogP contribution in [-0.4, -0.2) is 4.98 Å². The van der Waals surface area contributed by atoms with Gasteiger partial charge in [-0.05, 0) is 65.7 Å². The second-order valence-electron chi connectivity index (χ2n) is 6.25. The van der Waals surface area contributed by atoms with Crippen LogP contribution in [0.4, 0.5) is 0 Å². The second-order valence-corrected chi connectivity index (χ2v) is 7.28. The van der Waals surface area contributed by atoms with Gasteiger partial charge < -0.3 is 0 Å². The first-order valence-electron chi connectivity index (χ1n) is 8.45. The van der Waals surface area contributed by atoms with E-state index < -0.39 is 0 Å². The Morgan fingerprint density at radius 2 is 1.14 bits per heavy atom. The summed E-state index contributed by atoms with van der Waals surface area (Å²) in [6, 6.07) is 24.0. The van der Waals surface area contributed by atoms with Crippen LogP contribution in [0.15, 0.2) is 54.6 Å². The fraction of sp³-hybridized carbons (Fsp3) is 0. The Hall–Kier alpha value is -4.49. The number of benzene rings is 3. The van der Waals surface area contributed by atoms with Gasteiger partial charge in [-0.3, -0.25) is 0 Å². The first-order valence-corrected chi connectivity index (χ1v) is 9.27. The van der Waals surface area contributed by atoms with Gasteiger partial charge in [0.25, 0.3) is 0 Å².